The lowest BCUT2D eigenvalue weighted by Gasteiger charge is -2.11. The number of aromatic nitrogens is 3. The van der Waals surface area contributed by atoms with Crippen LogP contribution in [0.1, 0.15) is 5.56 Å². The van der Waals surface area contributed by atoms with Crippen molar-refractivity contribution in [1.82, 2.24) is 15.0 Å². The number of benzene rings is 2. The number of fused-ring (bicyclic) bond motifs is 1. The Morgan fingerprint density at radius 2 is 2.00 bits per heavy atom. The first-order valence-electron chi connectivity index (χ1n) is 7.22. The number of hydrogen-bond acceptors (Lipinski definition) is 5. The van der Waals surface area contributed by atoms with Crippen LogP contribution in [0.4, 0.5) is 13.2 Å². The second-order valence-electron chi connectivity index (χ2n) is 5.22. The third-order valence-corrected chi connectivity index (χ3v) is 3.77. The van der Waals surface area contributed by atoms with Gasteiger partial charge in [-0.05, 0) is 30.3 Å². The number of ether oxygens (including phenoxy) is 2. The molecule has 0 unspecified atom stereocenters. The Bertz CT molecular complexity index is 972. The maximum absolute atomic E-state index is 12.7. The molecule has 0 aliphatic carbocycles. The second-order valence-corrected chi connectivity index (χ2v) is 5.63. The summed E-state index contributed by atoms with van der Waals surface area (Å²) in [5.41, 5.74) is 0.140. The van der Waals surface area contributed by atoms with Gasteiger partial charge in [-0.1, -0.05) is 16.8 Å². The molecule has 0 N–H and O–H groups in total. The number of hydrogen-bond donors (Lipinski definition) is 0. The Balaban J connectivity index is 1.89. The van der Waals surface area contributed by atoms with E-state index in [9.17, 15) is 18.0 Å². The molecule has 3 aromatic rings. The molecule has 0 saturated carbocycles. The van der Waals surface area contributed by atoms with Crippen molar-refractivity contribution >= 4 is 28.6 Å². The minimum atomic E-state index is -4.49. The Hall–Kier alpha value is -2.81. The van der Waals surface area contributed by atoms with Crippen LogP contribution in [0.25, 0.3) is 11.0 Å². The third-order valence-electron chi connectivity index (χ3n) is 3.48. The van der Waals surface area contributed by atoms with Gasteiger partial charge in [0.2, 0.25) is 0 Å². The Morgan fingerprint density at radius 1 is 1.23 bits per heavy atom. The van der Waals surface area contributed by atoms with Crippen molar-refractivity contribution in [1.29, 1.82) is 0 Å². The zero-order chi connectivity index (χ0) is 18.9. The number of carbonyl (C=O) groups excluding carboxylic acids is 1. The normalized spacial score (nSPS) is 11.6. The van der Waals surface area contributed by atoms with Crippen LogP contribution in [0, 0.1) is 0 Å². The van der Waals surface area contributed by atoms with Crippen LogP contribution in [-0.4, -0.2) is 28.1 Å². The lowest BCUT2D eigenvalue weighted by molar-refractivity contribution is -0.141. The maximum atomic E-state index is 12.7. The molecule has 1 aromatic heterocycles. The quantitative estimate of drug-likeness (QED) is 0.633. The molecule has 0 bridgehead atoms. The zero-order valence-electron chi connectivity index (χ0n) is 13.2. The highest BCUT2D eigenvalue weighted by Crippen LogP contribution is 2.36. The van der Waals surface area contributed by atoms with Crippen LogP contribution < -0.4 is 4.74 Å². The van der Waals surface area contributed by atoms with Crippen molar-refractivity contribution in [2.75, 3.05) is 7.11 Å². The number of rotatable bonds is 4. The van der Waals surface area contributed by atoms with Gasteiger partial charge < -0.3 is 9.47 Å². The lowest BCUT2D eigenvalue weighted by atomic mass is 10.2. The fourth-order valence-corrected chi connectivity index (χ4v) is 2.42. The van der Waals surface area contributed by atoms with E-state index in [1.807, 2.05) is 0 Å². The molecular weight excluding hydrogens is 375 g/mol. The largest absolute Gasteiger partial charge is 0.468 e. The summed E-state index contributed by atoms with van der Waals surface area (Å²) in [6, 6.07) is 7.52. The van der Waals surface area contributed by atoms with E-state index in [4.69, 9.17) is 16.3 Å². The average Bonchev–Trinajstić information content (AvgIpc) is 2.98. The molecule has 0 amide bonds. The molecule has 0 spiro atoms. The number of carbonyl (C=O) groups is 1. The summed E-state index contributed by atoms with van der Waals surface area (Å²) in [4.78, 5) is 11.4. The van der Waals surface area contributed by atoms with Crippen LogP contribution in [0.3, 0.4) is 0 Å². The summed E-state index contributed by atoms with van der Waals surface area (Å²) >= 11 is 5.89. The van der Waals surface area contributed by atoms with Crippen molar-refractivity contribution in [2.45, 2.75) is 12.7 Å². The molecule has 3 rings (SSSR count). The number of halogens is 4. The maximum Gasteiger partial charge on any atom is 0.416 e. The lowest BCUT2D eigenvalue weighted by Crippen LogP contribution is -2.12. The SMILES string of the molecule is COC(=O)Cn1nnc2ccc(Oc3ccc(C(F)(F)F)cc3Cl)cc21. The minimum absolute atomic E-state index is 0.0611. The molecule has 0 fully saturated rings. The molecule has 0 saturated heterocycles. The highest BCUT2D eigenvalue weighted by Gasteiger charge is 2.31. The van der Waals surface area contributed by atoms with Gasteiger partial charge >= 0.3 is 12.1 Å². The summed E-state index contributed by atoms with van der Waals surface area (Å²) in [6.45, 7) is -0.141. The molecule has 1 heterocycles. The summed E-state index contributed by atoms with van der Waals surface area (Å²) < 4.78 is 49.5. The number of nitrogens with zero attached hydrogens (tertiary/aromatic N) is 3. The molecular formula is C16H11ClF3N3O3. The fraction of sp³-hybridized carbons (Fsp3) is 0.188. The predicted molar refractivity (Wildman–Crippen MR) is 86.1 cm³/mol. The van der Waals surface area contributed by atoms with Crippen molar-refractivity contribution in [3.05, 3.63) is 47.0 Å². The fourth-order valence-electron chi connectivity index (χ4n) is 2.20. The van der Waals surface area contributed by atoms with E-state index >= 15 is 0 Å². The molecule has 10 heteroatoms. The van der Waals surface area contributed by atoms with Crippen LogP contribution in [-0.2, 0) is 22.3 Å². The van der Waals surface area contributed by atoms with E-state index in [0.717, 1.165) is 18.2 Å². The van der Waals surface area contributed by atoms with E-state index < -0.39 is 17.7 Å². The predicted octanol–water partition coefficient (Wildman–Crippen LogP) is 4.07. The third kappa shape index (κ3) is 3.72. The monoisotopic (exact) mass is 385 g/mol. The summed E-state index contributed by atoms with van der Waals surface area (Å²) in [5.74, 6) is -0.146. The molecule has 26 heavy (non-hydrogen) atoms. The van der Waals surface area contributed by atoms with Gasteiger partial charge in [0.05, 0.1) is 23.2 Å². The van der Waals surface area contributed by atoms with Gasteiger partial charge in [-0.2, -0.15) is 13.2 Å². The van der Waals surface area contributed by atoms with Crippen LogP contribution >= 0.6 is 11.6 Å². The standard InChI is InChI=1S/C16H11ClF3N3O3/c1-25-15(24)8-23-13-7-10(3-4-12(13)21-22-23)26-14-5-2-9(6-11(14)17)16(18,19)20/h2-7H,8H2,1H3. The van der Waals surface area contributed by atoms with E-state index in [2.05, 4.69) is 15.0 Å². The van der Waals surface area contributed by atoms with Crippen LogP contribution in [0.2, 0.25) is 5.02 Å². The number of alkyl halides is 3. The Morgan fingerprint density at radius 3 is 2.65 bits per heavy atom. The topological polar surface area (TPSA) is 66.2 Å². The molecule has 2 aromatic carbocycles. The summed E-state index contributed by atoms with van der Waals surface area (Å²) in [5, 5.41) is 7.58. The first-order valence-corrected chi connectivity index (χ1v) is 7.60. The smallest absolute Gasteiger partial charge is 0.416 e. The molecule has 0 aliphatic rings. The first kappa shape index (κ1) is 18.0. The van der Waals surface area contributed by atoms with Gasteiger partial charge in [0.1, 0.15) is 23.6 Å². The van der Waals surface area contributed by atoms with Crippen molar-refractivity contribution in [2.24, 2.45) is 0 Å². The Kier molecular flexibility index (Phi) is 4.73. The zero-order valence-corrected chi connectivity index (χ0v) is 14.0. The average molecular weight is 386 g/mol. The molecule has 0 radical (unpaired) electrons. The van der Waals surface area contributed by atoms with Gasteiger partial charge in [0.15, 0.2) is 0 Å². The molecule has 6 nitrogen and oxygen atoms in total. The van der Waals surface area contributed by atoms with Crippen LogP contribution in [0.15, 0.2) is 36.4 Å². The van der Waals surface area contributed by atoms with Gasteiger partial charge in [-0.3, -0.25) is 4.79 Å². The first-order chi connectivity index (χ1) is 12.3. The van der Waals surface area contributed by atoms with Gasteiger partial charge in [-0.25, -0.2) is 4.68 Å². The molecule has 136 valence electrons. The summed E-state index contributed by atoms with van der Waals surface area (Å²) in [6.07, 6.45) is -4.49. The second kappa shape index (κ2) is 6.83. The molecule has 0 atom stereocenters. The summed E-state index contributed by atoms with van der Waals surface area (Å²) in [7, 11) is 1.25. The van der Waals surface area contributed by atoms with E-state index in [1.165, 1.54) is 11.8 Å². The van der Waals surface area contributed by atoms with Gasteiger partial charge in [0, 0.05) is 6.07 Å². The highest BCUT2D eigenvalue weighted by atomic mass is 35.5. The van der Waals surface area contributed by atoms with Crippen molar-refractivity contribution in [3.63, 3.8) is 0 Å². The Labute approximate surface area is 150 Å². The van der Waals surface area contributed by atoms with E-state index in [0.29, 0.717) is 16.8 Å². The molecule has 0 aliphatic heterocycles. The van der Waals surface area contributed by atoms with Gasteiger partial charge in [-0.15, -0.1) is 5.10 Å². The highest BCUT2D eigenvalue weighted by molar-refractivity contribution is 6.32. The number of methoxy groups -OCH3 is 1. The number of esters is 1. The van der Waals surface area contributed by atoms with E-state index in [-0.39, 0.29) is 17.3 Å². The van der Waals surface area contributed by atoms with Crippen molar-refractivity contribution in [3.8, 4) is 11.5 Å². The van der Waals surface area contributed by atoms with Crippen molar-refractivity contribution < 1.29 is 27.4 Å². The minimum Gasteiger partial charge on any atom is -0.468 e. The van der Waals surface area contributed by atoms with E-state index in [1.54, 1.807) is 18.2 Å². The van der Waals surface area contributed by atoms with Crippen LogP contribution in [0.5, 0.6) is 11.5 Å². The van der Waals surface area contributed by atoms with Gasteiger partial charge in [0.25, 0.3) is 0 Å².